The molecule has 0 saturated carbocycles. The van der Waals surface area contributed by atoms with Gasteiger partial charge in [-0.3, -0.25) is 14.5 Å². The van der Waals surface area contributed by atoms with E-state index < -0.39 is 57.6 Å². The van der Waals surface area contributed by atoms with Crippen LogP contribution in [0.2, 0.25) is 0 Å². The summed E-state index contributed by atoms with van der Waals surface area (Å²) in [4.78, 5) is 38.3. The van der Waals surface area contributed by atoms with Crippen LogP contribution in [0.3, 0.4) is 0 Å². The fourth-order valence-electron chi connectivity index (χ4n) is 3.74. The molecule has 0 radical (unpaired) electrons. The van der Waals surface area contributed by atoms with Gasteiger partial charge in [-0.15, -0.1) is 0 Å². The quantitative estimate of drug-likeness (QED) is 0.379. The largest absolute Gasteiger partial charge is 0.416 e. The van der Waals surface area contributed by atoms with Crippen molar-refractivity contribution in [2.24, 2.45) is 0 Å². The Morgan fingerprint density at radius 3 is 2.19 bits per heavy atom. The predicted octanol–water partition coefficient (Wildman–Crippen LogP) is 3.95. The van der Waals surface area contributed by atoms with Gasteiger partial charge in [-0.1, -0.05) is 54.6 Å². The maximum absolute atomic E-state index is 13.0. The number of carbonyl (C=O) groups is 3. The van der Waals surface area contributed by atoms with E-state index >= 15 is 0 Å². The van der Waals surface area contributed by atoms with Crippen LogP contribution in [-0.2, 0) is 20.8 Å². The third kappa shape index (κ3) is 5.30. The first-order chi connectivity index (χ1) is 17.0. The summed E-state index contributed by atoms with van der Waals surface area (Å²) in [5.41, 5.74) is 0.0773. The highest BCUT2D eigenvalue weighted by molar-refractivity contribution is 7.91. The number of amides is 3. The number of urea groups is 1. The van der Waals surface area contributed by atoms with E-state index in [-0.39, 0.29) is 10.5 Å². The van der Waals surface area contributed by atoms with Crippen LogP contribution in [0.1, 0.15) is 15.9 Å². The number of nitrogens with zero attached hydrogens (tertiary/aromatic N) is 1. The molecule has 0 aromatic heterocycles. The number of hydrogen-bond acceptors (Lipinski definition) is 5. The summed E-state index contributed by atoms with van der Waals surface area (Å²) in [6, 6.07) is 15.7. The third-order valence-corrected chi connectivity index (χ3v) is 7.39. The van der Waals surface area contributed by atoms with Crippen molar-refractivity contribution in [2.45, 2.75) is 17.1 Å². The van der Waals surface area contributed by atoms with E-state index in [9.17, 15) is 36.0 Å². The zero-order valence-corrected chi connectivity index (χ0v) is 19.3. The van der Waals surface area contributed by atoms with E-state index in [0.717, 1.165) is 12.1 Å². The predicted molar refractivity (Wildman–Crippen MR) is 124 cm³/mol. The van der Waals surface area contributed by atoms with Crippen LogP contribution >= 0.6 is 0 Å². The topological polar surface area (TPSA) is 101 Å². The zero-order valence-electron chi connectivity index (χ0n) is 18.5. The molecule has 0 spiro atoms. The molecule has 3 aromatic rings. The molecule has 7 nitrogen and oxygen atoms in total. The van der Waals surface area contributed by atoms with Gasteiger partial charge < -0.3 is 5.32 Å². The van der Waals surface area contributed by atoms with Crippen LogP contribution in [0.15, 0.2) is 83.8 Å². The monoisotopic (exact) mass is 516 g/mol. The molecule has 186 valence electrons. The number of hydrogen-bond donors (Lipinski definition) is 1. The van der Waals surface area contributed by atoms with Gasteiger partial charge in [-0.2, -0.15) is 13.2 Å². The highest BCUT2D eigenvalue weighted by Crippen LogP contribution is 2.32. The molecule has 1 aliphatic rings. The molecule has 1 unspecified atom stereocenters. The lowest BCUT2D eigenvalue weighted by atomic mass is 10.0. The SMILES string of the molecule is O=C(CN1C(=O)NC(CS(=O)(=O)c2ccccc2)C1=O)c1ccc(-c2cccc(C(F)(F)F)c2)cc1. The van der Waals surface area contributed by atoms with Crippen molar-refractivity contribution >= 4 is 27.6 Å². The fourth-order valence-corrected chi connectivity index (χ4v) is 5.17. The Labute approximate surface area is 204 Å². The number of carbonyl (C=O) groups excluding carboxylic acids is 3. The number of halogens is 3. The van der Waals surface area contributed by atoms with E-state index in [0.29, 0.717) is 16.0 Å². The molecule has 3 amide bonds. The van der Waals surface area contributed by atoms with Crippen LogP contribution in [-0.4, -0.2) is 49.4 Å². The van der Waals surface area contributed by atoms with Crippen molar-refractivity contribution < 1.29 is 36.0 Å². The smallest absolute Gasteiger partial charge is 0.325 e. The zero-order chi connectivity index (χ0) is 26.1. The number of rotatable bonds is 7. The molecule has 36 heavy (non-hydrogen) atoms. The highest BCUT2D eigenvalue weighted by Gasteiger charge is 2.41. The Balaban J connectivity index is 1.44. The molecular formula is C25H19F3N2O5S. The van der Waals surface area contributed by atoms with Crippen LogP contribution in [0.25, 0.3) is 11.1 Å². The Morgan fingerprint density at radius 1 is 0.889 bits per heavy atom. The van der Waals surface area contributed by atoms with Gasteiger partial charge in [-0.25, -0.2) is 13.2 Å². The van der Waals surface area contributed by atoms with Gasteiger partial charge >= 0.3 is 12.2 Å². The number of Topliss-reactive ketones (excluding diaryl/α,β-unsaturated/α-hetero) is 1. The first-order valence-electron chi connectivity index (χ1n) is 10.7. The first kappa shape index (κ1) is 25.1. The van der Waals surface area contributed by atoms with Gasteiger partial charge in [0, 0.05) is 5.56 Å². The molecule has 1 N–H and O–H groups in total. The van der Waals surface area contributed by atoms with Crippen molar-refractivity contribution in [3.8, 4) is 11.1 Å². The van der Waals surface area contributed by atoms with Crippen molar-refractivity contribution in [2.75, 3.05) is 12.3 Å². The van der Waals surface area contributed by atoms with Gasteiger partial charge in [0.1, 0.15) is 6.04 Å². The summed E-state index contributed by atoms with van der Waals surface area (Å²) in [5, 5.41) is 2.30. The van der Waals surface area contributed by atoms with E-state index in [2.05, 4.69) is 5.32 Å². The Hall–Kier alpha value is -3.99. The summed E-state index contributed by atoms with van der Waals surface area (Å²) in [6.07, 6.45) is -4.49. The molecule has 4 rings (SSSR count). The lowest BCUT2D eigenvalue weighted by Gasteiger charge is -2.13. The molecule has 3 aromatic carbocycles. The summed E-state index contributed by atoms with van der Waals surface area (Å²) < 4.78 is 64.0. The average molecular weight is 516 g/mol. The maximum Gasteiger partial charge on any atom is 0.416 e. The molecule has 1 atom stereocenters. The summed E-state index contributed by atoms with van der Waals surface area (Å²) in [5.74, 6) is -2.09. The van der Waals surface area contributed by atoms with Gasteiger partial charge in [-0.05, 0) is 35.4 Å². The summed E-state index contributed by atoms with van der Waals surface area (Å²) >= 11 is 0. The van der Waals surface area contributed by atoms with Crippen molar-refractivity contribution in [1.82, 2.24) is 10.2 Å². The molecular weight excluding hydrogens is 497 g/mol. The van der Waals surface area contributed by atoms with E-state index in [1.165, 1.54) is 60.7 Å². The van der Waals surface area contributed by atoms with Crippen LogP contribution in [0.5, 0.6) is 0 Å². The normalized spacial score (nSPS) is 16.2. The number of imide groups is 1. The fraction of sp³-hybridized carbons (Fsp3) is 0.160. The Kier molecular flexibility index (Phi) is 6.68. The molecule has 1 heterocycles. The number of alkyl halides is 3. The molecule has 1 aliphatic heterocycles. The number of benzene rings is 3. The summed E-state index contributed by atoms with van der Waals surface area (Å²) in [7, 11) is -3.87. The van der Waals surface area contributed by atoms with Crippen LogP contribution < -0.4 is 5.32 Å². The molecule has 1 fully saturated rings. The lowest BCUT2D eigenvalue weighted by Crippen LogP contribution is -2.38. The van der Waals surface area contributed by atoms with Crippen LogP contribution in [0, 0.1) is 0 Å². The van der Waals surface area contributed by atoms with Gasteiger partial charge in [0.2, 0.25) is 0 Å². The number of ketones is 1. The first-order valence-corrected chi connectivity index (χ1v) is 12.3. The second-order valence-corrected chi connectivity index (χ2v) is 10.1. The van der Waals surface area contributed by atoms with Gasteiger partial charge in [0.15, 0.2) is 15.6 Å². The minimum Gasteiger partial charge on any atom is -0.325 e. The van der Waals surface area contributed by atoms with Crippen molar-refractivity contribution in [3.05, 3.63) is 90.0 Å². The van der Waals surface area contributed by atoms with E-state index in [1.807, 2.05) is 0 Å². The lowest BCUT2D eigenvalue weighted by molar-refractivity contribution is -0.137. The number of nitrogens with one attached hydrogen (secondary N) is 1. The van der Waals surface area contributed by atoms with Gasteiger partial charge in [0.25, 0.3) is 5.91 Å². The van der Waals surface area contributed by atoms with E-state index in [4.69, 9.17) is 0 Å². The van der Waals surface area contributed by atoms with Crippen molar-refractivity contribution in [1.29, 1.82) is 0 Å². The Morgan fingerprint density at radius 2 is 1.56 bits per heavy atom. The standard InChI is InChI=1S/C25H19F3N2O5S/c26-25(27,28)19-6-4-5-18(13-19)16-9-11-17(12-10-16)22(31)14-30-23(32)21(29-24(30)33)15-36(34,35)20-7-2-1-3-8-20/h1-13,21H,14-15H2,(H,29,33). The second-order valence-electron chi connectivity index (χ2n) is 8.10. The molecule has 11 heteroatoms. The van der Waals surface area contributed by atoms with Gasteiger partial charge in [0.05, 0.1) is 22.8 Å². The number of sulfone groups is 1. The summed E-state index contributed by atoms with van der Waals surface area (Å²) in [6.45, 7) is -0.616. The van der Waals surface area contributed by atoms with E-state index in [1.54, 1.807) is 6.07 Å². The Bertz CT molecular complexity index is 1420. The minimum atomic E-state index is -4.49. The second kappa shape index (κ2) is 9.57. The molecule has 0 bridgehead atoms. The minimum absolute atomic E-state index is 0.00226. The van der Waals surface area contributed by atoms with Crippen LogP contribution in [0.4, 0.5) is 18.0 Å². The van der Waals surface area contributed by atoms with Crippen molar-refractivity contribution in [3.63, 3.8) is 0 Å². The average Bonchev–Trinajstić information content (AvgIpc) is 3.11. The molecule has 1 saturated heterocycles. The third-order valence-electron chi connectivity index (χ3n) is 5.63. The maximum atomic E-state index is 13.0. The highest BCUT2D eigenvalue weighted by atomic mass is 32.2. The molecule has 0 aliphatic carbocycles.